The van der Waals surface area contributed by atoms with Gasteiger partial charge in [0.05, 0.1) is 55.4 Å². The van der Waals surface area contributed by atoms with E-state index in [0.29, 0.717) is 25.7 Å². The highest BCUT2D eigenvalue weighted by atomic mass is 16.8. The van der Waals surface area contributed by atoms with Gasteiger partial charge in [0, 0.05) is 12.8 Å². The van der Waals surface area contributed by atoms with Gasteiger partial charge in [0.1, 0.15) is 42.7 Å². The Hall–Kier alpha value is -1.17. The van der Waals surface area contributed by atoms with Crippen LogP contribution in [0.15, 0.2) is 0 Å². The topological polar surface area (TPSA) is 273 Å². The van der Waals surface area contributed by atoms with Crippen LogP contribution in [0, 0.1) is 44.8 Å². The summed E-state index contributed by atoms with van der Waals surface area (Å²) in [4.78, 5) is 12.4. The number of carbonyl (C=O) groups is 1. The molecule has 0 aromatic carbocycles. The van der Waals surface area contributed by atoms with Crippen LogP contribution in [0.5, 0.6) is 0 Å². The standard InChI is InChI=1S/C47H76O18/c1-21(48)61-34-25(52)19-60-40(35(34)64-39-33(56)31(54)24(51)18-59-39)63-28-10-12-47-20-46(47)14-13-43(6)36(45(8)11-9-29(65-45)42(4,5)57)22(49)16-44(43,7)27(46)15-26(37(47)41(28,2)3)62-38-32(55)30(53)23(50)17-58-38/h22-40,49-57H,9-20H2,1-8H3/t22-,23?,24?,25?,26-,27?,28?,29-,30?,31?,32?,33?,34?,35?,36?,37?,38?,39?,40?,43+,44-,45?,46-,47+/m0/s1. The number of fused-ring (bicyclic) bond motifs is 2. The quantitative estimate of drug-likeness (QED) is 0.112. The van der Waals surface area contributed by atoms with Crippen molar-refractivity contribution in [2.45, 2.75) is 223 Å². The number of rotatable bonds is 9. The van der Waals surface area contributed by atoms with E-state index in [1.807, 2.05) is 0 Å². The van der Waals surface area contributed by atoms with Crippen LogP contribution < -0.4 is 0 Å². The predicted molar refractivity (Wildman–Crippen MR) is 224 cm³/mol. The highest BCUT2D eigenvalue weighted by Crippen LogP contribution is 2.89. The first-order valence-electron chi connectivity index (χ1n) is 24.1. The summed E-state index contributed by atoms with van der Waals surface area (Å²) < 4.78 is 50.1. The number of esters is 1. The maximum atomic E-state index is 12.4. The fourth-order valence-corrected chi connectivity index (χ4v) is 16.1. The van der Waals surface area contributed by atoms with Crippen molar-refractivity contribution in [3.8, 4) is 0 Å². The normalized spacial score (nSPS) is 56.2. The van der Waals surface area contributed by atoms with E-state index in [4.69, 9.17) is 37.9 Å². The molecular weight excluding hydrogens is 852 g/mol. The second-order valence-corrected chi connectivity index (χ2v) is 23.6. The maximum absolute atomic E-state index is 12.4. The van der Waals surface area contributed by atoms with Crippen molar-refractivity contribution in [2.24, 2.45) is 44.8 Å². The average Bonchev–Trinajstić information content (AvgIpc) is 3.58. The highest BCUT2D eigenvalue weighted by Gasteiger charge is 2.85. The van der Waals surface area contributed by atoms with E-state index in [1.54, 1.807) is 13.8 Å². The summed E-state index contributed by atoms with van der Waals surface area (Å²) in [5, 5.41) is 98.3. The lowest BCUT2D eigenvalue weighted by Crippen LogP contribution is -2.65. The average molecular weight is 929 g/mol. The SMILES string of the molecule is CC(=O)OC1C(O)COC(OC2CC[C@]34C[C@]35CC[C@]3(C)C(C6(C)CC[C@@H](C(C)(C)O)O6)[C@@H](O)C[C@@]3(C)C5C[C@H](OC3OCC(O)C(O)C3O)C4C2(C)C)C1OC1OCC(O)C(O)C1O. The molecule has 2 spiro atoms. The summed E-state index contributed by atoms with van der Waals surface area (Å²) in [5.74, 6) is -1.02. The minimum Gasteiger partial charge on any atom is -0.457 e. The molecule has 18 heteroatoms. The molecule has 5 aliphatic carbocycles. The second kappa shape index (κ2) is 16.5. The van der Waals surface area contributed by atoms with Crippen molar-refractivity contribution in [3.05, 3.63) is 0 Å². The molecule has 24 atom stereocenters. The smallest absolute Gasteiger partial charge is 0.303 e. The first-order chi connectivity index (χ1) is 30.2. The van der Waals surface area contributed by atoms with Gasteiger partial charge in [-0.05, 0) is 117 Å². The van der Waals surface area contributed by atoms with Crippen molar-refractivity contribution in [1.29, 1.82) is 0 Å². The van der Waals surface area contributed by atoms with E-state index < -0.39 is 115 Å². The van der Waals surface area contributed by atoms with Crippen LogP contribution in [0.3, 0.4) is 0 Å². The van der Waals surface area contributed by atoms with Crippen LogP contribution in [-0.4, -0.2) is 181 Å². The molecule has 9 N–H and O–H groups in total. The van der Waals surface area contributed by atoms with Gasteiger partial charge in [-0.1, -0.05) is 27.7 Å². The molecule has 372 valence electrons. The van der Waals surface area contributed by atoms with Gasteiger partial charge in [-0.15, -0.1) is 0 Å². The molecule has 65 heavy (non-hydrogen) atoms. The zero-order valence-electron chi connectivity index (χ0n) is 39.2. The van der Waals surface area contributed by atoms with Gasteiger partial charge in [-0.25, -0.2) is 0 Å². The van der Waals surface area contributed by atoms with Crippen LogP contribution in [0.25, 0.3) is 0 Å². The van der Waals surface area contributed by atoms with Gasteiger partial charge in [-0.2, -0.15) is 0 Å². The molecule has 4 saturated heterocycles. The lowest BCUT2D eigenvalue weighted by atomic mass is 9.41. The Kier molecular flexibility index (Phi) is 12.4. The Labute approximate surface area is 381 Å². The van der Waals surface area contributed by atoms with Gasteiger partial charge in [-0.3, -0.25) is 4.79 Å². The van der Waals surface area contributed by atoms with Crippen LogP contribution in [0.2, 0.25) is 0 Å². The Bertz CT molecular complexity index is 1780. The first kappa shape index (κ1) is 48.8. The molecule has 0 amide bonds. The third-order valence-corrected chi connectivity index (χ3v) is 19.2. The molecule has 18 nitrogen and oxygen atoms in total. The summed E-state index contributed by atoms with van der Waals surface area (Å²) in [6, 6.07) is 0. The lowest BCUT2D eigenvalue weighted by molar-refractivity contribution is -0.359. The molecule has 0 radical (unpaired) electrons. The zero-order chi connectivity index (χ0) is 47.2. The first-order valence-corrected chi connectivity index (χ1v) is 24.1. The third kappa shape index (κ3) is 7.44. The van der Waals surface area contributed by atoms with Crippen molar-refractivity contribution in [1.82, 2.24) is 0 Å². The van der Waals surface area contributed by atoms with Crippen molar-refractivity contribution < 1.29 is 88.6 Å². The van der Waals surface area contributed by atoms with Gasteiger partial charge in [0.15, 0.2) is 31.1 Å². The van der Waals surface area contributed by atoms with Crippen LogP contribution >= 0.6 is 0 Å². The predicted octanol–water partition coefficient (Wildman–Crippen LogP) is 0.397. The Morgan fingerprint density at radius 1 is 0.631 bits per heavy atom. The zero-order valence-corrected chi connectivity index (χ0v) is 39.2. The molecule has 4 heterocycles. The van der Waals surface area contributed by atoms with Crippen molar-refractivity contribution in [3.63, 3.8) is 0 Å². The van der Waals surface area contributed by atoms with Crippen LogP contribution in [-0.2, 0) is 42.7 Å². The maximum Gasteiger partial charge on any atom is 0.303 e. The van der Waals surface area contributed by atoms with E-state index in [9.17, 15) is 50.8 Å². The number of hydrogen-bond donors (Lipinski definition) is 9. The van der Waals surface area contributed by atoms with Gasteiger partial charge >= 0.3 is 5.97 Å². The van der Waals surface area contributed by atoms with E-state index in [0.717, 1.165) is 32.1 Å². The fraction of sp³-hybridized carbons (Fsp3) is 0.979. The second-order valence-electron chi connectivity index (χ2n) is 23.6. The van der Waals surface area contributed by atoms with Crippen molar-refractivity contribution >= 4 is 5.97 Å². The number of aliphatic hydroxyl groups is 9. The van der Waals surface area contributed by atoms with Gasteiger partial charge < -0.3 is 83.9 Å². The Morgan fingerprint density at radius 2 is 1.23 bits per heavy atom. The molecule has 0 aromatic heterocycles. The van der Waals surface area contributed by atoms with Gasteiger partial charge in [0.2, 0.25) is 0 Å². The van der Waals surface area contributed by atoms with Gasteiger partial charge in [0.25, 0.3) is 0 Å². The molecule has 5 saturated carbocycles. The summed E-state index contributed by atoms with van der Waals surface area (Å²) >= 11 is 0. The number of aliphatic hydroxyl groups excluding tert-OH is 8. The minimum atomic E-state index is -1.69. The highest BCUT2D eigenvalue weighted by molar-refractivity contribution is 5.66. The number of ether oxygens (including phenoxy) is 8. The molecule has 4 aliphatic heterocycles. The summed E-state index contributed by atoms with van der Waals surface area (Å²) in [5.41, 5.74) is -3.47. The minimum absolute atomic E-state index is 0.0791. The summed E-state index contributed by atoms with van der Waals surface area (Å²) in [6.07, 6.45) is -12.5. The molecule has 9 rings (SSSR count). The lowest BCUT2D eigenvalue weighted by Gasteiger charge is -2.65. The van der Waals surface area contributed by atoms with Crippen LogP contribution in [0.4, 0.5) is 0 Å². The Morgan fingerprint density at radius 3 is 1.83 bits per heavy atom. The van der Waals surface area contributed by atoms with E-state index in [2.05, 4.69) is 34.6 Å². The molecule has 0 bridgehead atoms. The molecule has 0 aromatic rings. The van der Waals surface area contributed by atoms with Crippen molar-refractivity contribution in [2.75, 3.05) is 19.8 Å². The Balaban J connectivity index is 1.04. The monoisotopic (exact) mass is 929 g/mol. The molecule has 9 fully saturated rings. The summed E-state index contributed by atoms with van der Waals surface area (Å²) in [7, 11) is 0. The summed E-state index contributed by atoms with van der Waals surface area (Å²) in [6.45, 7) is 14.9. The number of carbonyl (C=O) groups excluding carboxylic acids is 1. The van der Waals surface area contributed by atoms with Crippen LogP contribution in [0.1, 0.15) is 113 Å². The third-order valence-electron chi connectivity index (χ3n) is 19.2. The fourth-order valence-electron chi connectivity index (χ4n) is 16.1. The largest absolute Gasteiger partial charge is 0.457 e. The van der Waals surface area contributed by atoms with E-state index >= 15 is 0 Å². The number of hydrogen-bond acceptors (Lipinski definition) is 18. The molecule has 9 aliphatic rings. The molecule has 17 unspecified atom stereocenters. The van der Waals surface area contributed by atoms with E-state index in [-0.39, 0.29) is 65.3 Å². The molecular formula is C47H76O18. The van der Waals surface area contributed by atoms with E-state index in [1.165, 1.54) is 6.92 Å².